The van der Waals surface area contributed by atoms with E-state index < -0.39 is 0 Å². The van der Waals surface area contributed by atoms with E-state index in [-0.39, 0.29) is 0 Å². The molecular formula is C16H29N3S. The number of anilines is 1. The Morgan fingerprint density at radius 2 is 1.95 bits per heavy atom. The number of aromatic nitrogens is 1. The number of nitrogens with zero attached hydrogens (tertiary/aromatic N) is 2. The van der Waals surface area contributed by atoms with E-state index >= 15 is 0 Å². The molecule has 20 heavy (non-hydrogen) atoms. The molecule has 1 fully saturated rings. The number of hydrogen-bond acceptors (Lipinski definition) is 4. The van der Waals surface area contributed by atoms with Gasteiger partial charge in [-0.2, -0.15) is 0 Å². The molecule has 0 aromatic carbocycles. The molecule has 0 amide bonds. The number of thiazole rings is 1. The van der Waals surface area contributed by atoms with Gasteiger partial charge in [-0.25, -0.2) is 4.98 Å². The van der Waals surface area contributed by atoms with Gasteiger partial charge < -0.3 is 10.2 Å². The summed E-state index contributed by atoms with van der Waals surface area (Å²) in [5.41, 5.74) is 1.32. The summed E-state index contributed by atoms with van der Waals surface area (Å²) in [6, 6.07) is 0. The second kappa shape index (κ2) is 6.90. The van der Waals surface area contributed by atoms with Crippen LogP contribution in [0.3, 0.4) is 0 Å². The van der Waals surface area contributed by atoms with Crippen LogP contribution < -0.4 is 10.2 Å². The predicted molar refractivity (Wildman–Crippen MR) is 88.7 cm³/mol. The van der Waals surface area contributed by atoms with Gasteiger partial charge in [0.25, 0.3) is 0 Å². The Morgan fingerprint density at radius 1 is 1.30 bits per heavy atom. The molecule has 0 aliphatic carbocycles. The maximum atomic E-state index is 4.99. The molecule has 0 radical (unpaired) electrons. The van der Waals surface area contributed by atoms with Crippen molar-refractivity contribution in [3.8, 4) is 0 Å². The van der Waals surface area contributed by atoms with Crippen LogP contribution in [-0.2, 0) is 6.54 Å². The molecule has 1 aliphatic rings. The summed E-state index contributed by atoms with van der Waals surface area (Å²) in [4.78, 5) is 8.91. The van der Waals surface area contributed by atoms with Crippen LogP contribution in [0.1, 0.15) is 57.5 Å². The normalized spacial score (nSPS) is 24.4. The van der Waals surface area contributed by atoms with E-state index in [2.05, 4.69) is 44.8 Å². The first-order chi connectivity index (χ1) is 9.56. The van der Waals surface area contributed by atoms with Crippen LogP contribution >= 0.6 is 11.3 Å². The standard InChI is InChI=1S/C16H29N3S/c1-6-11(3)15-14(8-17-7-2)20-16(18-15)19-9-12(4)13(5)10-19/h11-13,17H,6-10H2,1-5H3. The molecular weight excluding hydrogens is 266 g/mol. The van der Waals surface area contributed by atoms with E-state index in [9.17, 15) is 0 Å². The van der Waals surface area contributed by atoms with Crippen molar-refractivity contribution in [1.82, 2.24) is 10.3 Å². The van der Waals surface area contributed by atoms with Crippen molar-refractivity contribution in [2.24, 2.45) is 11.8 Å². The molecule has 1 aliphatic heterocycles. The summed E-state index contributed by atoms with van der Waals surface area (Å²) in [7, 11) is 0. The fraction of sp³-hybridized carbons (Fsp3) is 0.812. The SMILES string of the molecule is CCNCc1sc(N2CC(C)C(C)C2)nc1C(C)CC. The van der Waals surface area contributed by atoms with E-state index in [1.54, 1.807) is 0 Å². The van der Waals surface area contributed by atoms with Gasteiger partial charge in [0.05, 0.1) is 5.69 Å². The summed E-state index contributed by atoms with van der Waals surface area (Å²) in [6.45, 7) is 15.7. The third kappa shape index (κ3) is 3.34. The Labute approximate surface area is 127 Å². The second-order valence-corrected chi connectivity index (χ2v) is 7.32. The largest absolute Gasteiger partial charge is 0.348 e. The van der Waals surface area contributed by atoms with E-state index in [0.29, 0.717) is 5.92 Å². The molecule has 1 N–H and O–H groups in total. The average molecular weight is 295 g/mol. The number of hydrogen-bond donors (Lipinski definition) is 1. The highest BCUT2D eigenvalue weighted by atomic mass is 32.1. The Bertz CT molecular complexity index is 419. The van der Waals surface area contributed by atoms with Gasteiger partial charge in [0, 0.05) is 24.5 Å². The maximum Gasteiger partial charge on any atom is 0.185 e. The van der Waals surface area contributed by atoms with Crippen molar-refractivity contribution >= 4 is 16.5 Å². The van der Waals surface area contributed by atoms with Crippen molar-refractivity contribution in [2.45, 2.75) is 53.5 Å². The molecule has 0 saturated carbocycles. The molecule has 4 heteroatoms. The zero-order valence-corrected chi connectivity index (χ0v) is 14.4. The smallest absolute Gasteiger partial charge is 0.185 e. The van der Waals surface area contributed by atoms with Gasteiger partial charge in [-0.05, 0) is 30.7 Å². The highest BCUT2D eigenvalue weighted by Crippen LogP contribution is 2.35. The molecule has 1 aromatic rings. The first-order valence-corrected chi connectivity index (χ1v) is 8.83. The van der Waals surface area contributed by atoms with Crippen molar-refractivity contribution in [3.63, 3.8) is 0 Å². The molecule has 2 rings (SSSR count). The lowest BCUT2D eigenvalue weighted by Gasteiger charge is -2.13. The Balaban J connectivity index is 2.19. The van der Waals surface area contributed by atoms with E-state index in [1.807, 2.05) is 11.3 Å². The zero-order valence-electron chi connectivity index (χ0n) is 13.6. The molecule has 3 nitrogen and oxygen atoms in total. The van der Waals surface area contributed by atoms with Crippen LogP contribution in [0.4, 0.5) is 5.13 Å². The summed E-state index contributed by atoms with van der Waals surface area (Å²) in [5, 5.41) is 4.70. The van der Waals surface area contributed by atoms with Gasteiger partial charge in [0.1, 0.15) is 0 Å². The zero-order chi connectivity index (χ0) is 14.7. The molecule has 3 atom stereocenters. The van der Waals surface area contributed by atoms with Crippen LogP contribution in [-0.4, -0.2) is 24.6 Å². The monoisotopic (exact) mass is 295 g/mol. The summed E-state index contributed by atoms with van der Waals surface area (Å²) in [5.74, 6) is 2.12. The lowest BCUT2D eigenvalue weighted by molar-refractivity contribution is 0.494. The van der Waals surface area contributed by atoms with Gasteiger partial charge in [-0.1, -0.05) is 34.6 Å². The second-order valence-electron chi connectivity index (χ2n) is 6.25. The summed E-state index contributed by atoms with van der Waals surface area (Å²) >= 11 is 1.90. The maximum absolute atomic E-state index is 4.99. The molecule has 1 saturated heterocycles. The fourth-order valence-electron chi connectivity index (χ4n) is 2.72. The van der Waals surface area contributed by atoms with Gasteiger partial charge in [-0.15, -0.1) is 11.3 Å². The Hall–Kier alpha value is -0.610. The van der Waals surface area contributed by atoms with Gasteiger partial charge >= 0.3 is 0 Å². The van der Waals surface area contributed by atoms with Crippen LogP contribution in [0.25, 0.3) is 0 Å². The fourth-order valence-corrected chi connectivity index (χ4v) is 3.88. The molecule has 3 unspecified atom stereocenters. The van der Waals surface area contributed by atoms with E-state index in [1.165, 1.54) is 15.7 Å². The minimum Gasteiger partial charge on any atom is -0.348 e. The van der Waals surface area contributed by atoms with Crippen LogP contribution in [0.5, 0.6) is 0 Å². The van der Waals surface area contributed by atoms with Crippen molar-refractivity contribution in [3.05, 3.63) is 10.6 Å². The van der Waals surface area contributed by atoms with Gasteiger partial charge in [0.2, 0.25) is 0 Å². The number of rotatable bonds is 6. The van der Waals surface area contributed by atoms with Crippen LogP contribution in [0.15, 0.2) is 0 Å². The van der Waals surface area contributed by atoms with Gasteiger partial charge in [-0.3, -0.25) is 0 Å². The minimum atomic E-state index is 0.561. The third-order valence-corrected chi connectivity index (χ3v) is 5.72. The van der Waals surface area contributed by atoms with Crippen LogP contribution in [0.2, 0.25) is 0 Å². The summed E-state index contributed by atoms with van der Waals surface area (Å²) < 4.78 is 0. The van der Waals surface area contributed by atoms with Crippen molar-refractivity contribution in [1.29, 1.82) is 0 Å². The lowest BCUT2D eigenvalue weighted by Crippen LogP contribution is -2.19. The van der Waals surface area contributed by atoms with Crippen LogP contribution in [0, 0.1) is 11.8 Å². The first-order valence-electron chi connectivity index (χ1n) is 8.02. The highest BCUT2D eigenvalue weighted by molar-refractivity contribution is 7.15. The third-order valence-electron chi connectivity index (χ3n) is 4.59. The Morgan fingerprint density at radius 3 is 2.50 bits per heavy atom. The Kier molecular flexibility index (Phi) is 5.44. The molecule has 0 bridgehead atoms. The number of nitrogens with one attached hydrogen (secondary N) is 1. The van der Waals surface area contributed by atoms with E-state index in [4.69, 9.17) is 4.98 Å². The van der Waals surface area contributed by atoms with Crippen molar-refractivity contribution in [2.75, 3.05) is 24.5 Å². The molecule has 0 spiro atoms. The minimum absolute atomic E-state index is 0.561. The lowest BCUT2D eigenvalue weighted by atomic mass is 10.0. The average Bonchev–Trinajstić information content (AvgIpc) is 3.00. The van der Waals surface area contributed by atoms with Gasteiger partial charge in [0.15, 0.2) is 5.13 Å². The first kappa shape index (κ1) is 15.8. The molecule has 114 valence electrons. The van der Waals surface area contributed by atoms with Crippen molar-refractivity contribution < 1.29 is 0 Å². The summed E-state index contributed by atoms with van der Waals surface area (Å²) in [6.07, 6.45) is 1.16. The quantitative estimate of drug-likeness (QED) is 0.864. The topological polar surface area (TPSA) is 28.2 Å². The predicted octanol–water partition coefficient (Wildman–Crippen LogP) is 3.86. The highest BCUT2D eigenvalue weighted by Gasteiger charge is 2.29. The van der Waals surface area contributed by atoms with E-state index in [0.717, 1.165) is 44.4 Å². The molecule has 2 heterocycles. The molecule has 1 aromatic heterocycles.